The highest BCUT2D eigenvalue weighted by Crippen LogP contribution is 2.46. The maximum Gasteiger partial charge on any atom is 0.400 e. The molecule has 0 unspecified atom stereocenters. The maximum absolute atomic E-state index is 14.9. The summed E-state index contributed by atoms with van der Waals surface area (Å²) in [6, 6.07) is 4.12. The Kier molecular flexibility index (Phi) is 7.20. The second-order valence-corrected chi connectivity index (χ2v) is 10.1. The van der Waals surface area contributed by atoms with Gasteiger partial charge in [0.25, 0.3) is 0 Å². The maximum atomic E-state index is 14.9. The van der Waals surface area contributed by atoms with E-state index in [-0.39, 0.29) is 18.4 Å². The lowest BCUT2D eigenvalue weighted by Crippen LogP contribution is -2.38. The van der Waals surface area contributed by atoms with Crippen LogP contribution in [-0.4, -0.2) is 6.11 Å². The van der Waals surface area contributed by atoms with Gasteiger partial charge >= 0.3 is 6.11 Å². The van der Waals surface area contributed by atoms with Crippen molar-refractivity contribution in [1.82, 2.24) is 0 Å². The number of rotatable bonds is 5. The molecule has 0 radical (unpaired) electrons. The van der Waals surface area contributed by atoms with Gasteiger partial charge in [-0.05, 0) is 80.9 Å². The second-order valence-electron chi connectivity index (χ2n) is 10.1. The van der Waals surface area contributed by atoms with Crippen LogP contribution in [0.3, 0.4) is 0 Å². The van der Waals surface area contributed by atoms with Crippen LogP contribution in [0.1, 0.15) is 63.9 Å². The van der Waals surface area contributed by atoms with Gasteiger partial charge in [-0.3, -0.25) is 0 Å². The van der Waals surface area contributed by atoms with E-state index in [1.807, 2.05) is 0 Å². The molecule has 2 saturated carbocycles. The van der Waals surface area contributed by atoms with Crippen molar-refractivity contribution in [3.05, 3.63) is 53.1 Å². The first-order valence-corrected chi connectivity index (χ1v) is 12.1. The summed E-state index contributed by atoms with van der Waals surface area (Å²) in [6.07, 6.45) is 2.88. The van der Waals surface area contributed by atoms with E-state index in [0.717, 1.165) is 37.0 Å². The molecule has 0 saturated heterocycles. The van der Waals surface area contributed by atoms with E-state index in [9.17, 15) is 26.3 Å². The number of halogens is 6. The first kappa shape index (κ1) is 24.9. The standard InChI is InChI=1S/C27H30F6O/c1-15-3-6-17(7-4-15)18-8-10-19(11-9-18)27(32,33)34-22-14-13-21(25(30)26(22)31)20-12-5-16(2)23(28)24(20)29/h5,12-15,17-19H,3-4,6-11H2,1-2H3. The molecule has 1 nitrogen and oxygen atoms in total. The Balaban J connectivity index is 1.45. The molecule has 2 aromatic carbocycles. The zero-order valence-electron chi connectivity index (χ0n) is 19.5. The van der Waals surface area contributed by atoms with Crippen molar-refractivity contribution in [2.75, 3.05) is 0 Å². The summed E-state index contributed by atoms with van der Waals surface area (Å²) < 4.78 is 91.9. The van der Waals surface area contributed by atoms with Crippen LogP contribution in [0.2, 0.25) is 0 Å². The van der Waals surface area contributed by atoms with Crippen molar-refractivity contribution in [3.8, 4) is 16.9 Å². The first-order chi connectivity index (χ1) is 16.1. The Labute approximate surface area is 196 Å². The molecule has 0 atom stereocenters. The van der Waals surface area contributed by atoms with Gasteiger partial charge in [-0.25, -0.2) is 13.2 Å². The quantitative estimate of drug-likeness (QED) is 0.385. The number of hydrogen-bond donors (Lipinski definition) is 0. The number of alkyl halides is 2. The lowest BCUT2D eigenvalue weighted by Gasteiger charge is -2.38. The van der Waals surface area contributed by atoms with Crippen LogP contribution in [0.15, 0.2) is 24.3 Å². The van der Waals surface area contributed by atoms with E-state index in [1.54, 1.807) is 0 Å². The number of benzene rings is 2. The Morgan fingerprint density at radius 3 is 1.76 bits per heavy atom. The van der Waals surface area contributed by atoms with Crippen LogP contribution in [0.25, 0.3) is 11.1 Å². The molecule has 7 heteroatoms. The van der Waals surface area contributed by atoms with Crippen LogP contribution in [0, 0.1) is 53.9 Å². The van der Waals surface area contributed by atoms with Gasteiger partial charge in [0, 0.05) is 11.1 Å². The molecule has 0 aliphatic heterocycles. The topological polar surface area (TPSA) is 9.23 Å². The third kappa shape index (κ3) is 4.94. The van der Waals surface area contributed by atoms with Crippen LogP contribution in [-0.2, 0) is 0 Å². The summed E-state index contributed by atoms with van der Waals surface area (Å²) in [5, 5.41) is 0. The Morgan fingerprint density at radius 1 is 0.676 bits per heavy atom. The summed E-state index contributed by atoms with van der Waals surface area (Å²) in [5.41, 5.74) is -1.05. The average Bonchev–Trinajstić information content (AvgIpc) is 2.82. The van der Waals surface area contributed by atoms with Gasteiger partial charge < -0.3 is 4.74 Å². The molecule has 0 spiro atoms. The van der Waals surface area contributed by atoms with Gasteiger partial charge in [0.05, 0.1) is 5.92 Å². The van der Waals surface area contributed by atoms with Crippen LogP contribution in [0.4, 0.5) is 26.3 Å². The number of ether oxygens (including phenoxy) is 1. The van der Waals surface area contributed by atoms with Crippen LogP contribution >= 0.6 is 0 Å². The van der Waals surface area contributed by atoms with Crippen LogP contribution in [0.5, 0.6) is 5.75 Å². The molecule has 186 valence electrons. The molecule has 34 heavy (non-hydrogen) atoms. The van der Waals surface area contributed by atoms with Gasteiger partial charge in [-0.1, -0.05) is 31.9 Å². The summed E-state index contributed by atoms with van der Waals surface area (Å²) in [4.78, 5) is 0. The Bertz CT molecular complexity index is 1020. The SMILES string of the molecule is Cc1ccc(-c2ccc(OC(F)(F)C3CCC(C4CCC(C)CC4)CC3)c(F)c2F)c(F)c1F. The molecule has 0 N–H and O–H groups in total. The molecule has 0 aromatic heterocycles. The molecule has 0 bridgehead atoms. The van der Waals surface area contributed by atoms with E-state index in [1.165, 1.54) is 25.8 Å². The number of aryl methyl sites for hydroxylation is 1. The zero-order chi connectivity index (χ0) is 24.6. The van der Waals surface area contributed by atoms with Crippen LogP contribution < -0.4 is 4.74 Å². The first-order valence-electron chi connectivity index (χ1n) is 12.1. The molecular formula is C27H30F6O. The van der Waals surface area contributed by atoms with E-state index in [0.29, 0.717) is 24.7 Å². The fourth-order valence-electron chi connectivity index (χ4n) is 5.59. The highest BCUT2D eigenvalue weighted by Gasteiger charge is 2.45. The van der Waals surface area contributed by atoms with Gasteiger partial charge in [-0.15, -0.1) is 0 Å². The van der Waals surface area contributed by atoms with Crippen molar-refractivity contribution < 1.29 is 31.1 Å². The summed E-state index contributed by atoms with van der Waals surface area (Å²) in [7, 11) is 0. The molecule has 2 aliphatic carbocycles. The van der Waals surface area contributed by atoms with Gasteiger partial charge in [0.2, 0.25) is 5.82 Å². The Morgan fingerprint density at radius 2 is 1.18 bits per heavy atom. The monoisotopic (exact) mass is 484 g/mol. The van der Waals surface area contributed by atoms with Crippen molar-refractivity contribution in [1.29, 1.82) is 0 Å². The Hall–Kier alpha value is -2.18. The second kappa shape index (κ2) is 9.82. The van der Waals surface area contributed by atoms with Crippen molar-refractivity contribution in [2.24, 2.45) is 23.7 Å². The van der Waals surface area contributed by atoms with Crippen molar-refractivity contribution in [2.45, 2.75) is 71.3 Å². The smallest absolute Gasteiger partial charge is 0.400 e. The van der Waals surface area contributed by atoms with E-state index in [4.69, 9.17) is 4.74 Å². The highest BCUT2D eigenvalue weighted by molar-refractivity contribution is 5.66. The predicted octanol–water partition coefficient (Wildman–Crippen LogP) is 8.82. The molecule has 0 amide bonds. The van der Waals surface area contributed by atoms with Gasteiger partial charge in [0.1, 0.15) is 0 Å². The minimum Gasteiger partial charge on any atom is -0.429 e. The van der Waals surface area contributed by atoms with Crippen molar-refractivity contribution in [3.63, 3.8) is 0 Å². The zero-order valence-corrected chi connectivity index (χ0v) is 19.5. The largest absolute Gasteiger partial charge is 0.429 e. The third-order valence-electron chi connectivity index (χ3n) is 7.83. The van der Waals surface area contributed by atoms with E-state index >= 15 is 0 Å². The molecule has 2 aliphatic rings. The van der Waals surface area contributed by atoms with Gasteiger partial charge in [0.15, 0.2) is 23.2 Å². The van der Waals surface area contributed by atoms with Crippen molar-refractivity contribution >= 4 is 0 Å². The highest BCUT2D eigenvalue weighted by atomic mass is 19.3. The molecular weight excluding hydrogens is 454 g/mol. The summed E-state index contributed by atoms with van der Waals surface area (Å²) >= 11 is 0. The molecule has 0 heterocycles. The van der Waals surface area contributed by atoms with E-state index < -0.39 is 52.2 Å². The predicted molar refractivity (Wildman–Crippen MR) is 119 cm³/mol. The average molecular weight is 485 g/mol. The number of hydrogen-bond acceptors (Lipinski definition) is 1. The fraction of sp³-hybridized carbons (Fsp3) is 0.556. The molecule has 2 aromatic rings. The molecule has 4 rings (SSSR count). The minimum absolute atomic E-state index is 0.00879. The fourth-order valence-corrected chi connectivity index (χ4v) is 5.59. The molecule has 2 fully saturated rings. The van der Waals surface area contributed by atoms with Gasteiger partial charge in [-0.2, -0.15) is 13.2 Å². The summed E-state index contributed by atoms with van der Waals surface area (Å²) in [5.74, 6) is -6.01. The summed E-state index contributed by atoms with van der Waals surface area (Å²) in [6.45, 7) is 3.58. The third-order valence-corrected chi connectivity index (χ3v) is 7.83. The lowest BCUT2D eigenvalue weighted by molar-refractivity contribution is -0.225. The van der Waals surface area contributed by atoms with E-state index in [2.05, 4.69) is 6.92 Å². The lowest BCUT2D eigenvalue weighted by atomic mass is 9.69. The normalized spacial score (nSPS) is 25.9. The minimum atomic E-state index is -3.66.